The number of halogens is 1. The molecule has 3 aromatic heterocycles. The second-order valence-electron chi connectivity index (χ2n) is 6.06. The van der Waals surface area contributed by atoms with Crippen molar-refractivity contribution in [2.45, 2.75) is 11.2 Å². The van der Waals surface area contributed by atoms with Crippen molar-refractivity contribution >= 4 is 29.0 Å². The van der Waals surface area contributed by atoms with Gasteiger partial charge >= 0.3 is 0 Å². The highest BCUT2D eigenvalue weighted by Gasteiger charge is 2.18. The second kappa shape index (κ2) is 8.97. The van der Waals surface area contributed by atoms with E-state index in [-0.39, 0.29) is 23.5 Å². The van der Waals surface area contributed by atoms with Gasteiger partial charge in [0.1, 0.15) is 5.82 Å². The van der Waals surface area contributed by atoms with Crippen LogP contribution in [-0.2, 0) is 4.79 Å². The number of hydrogen-bond acceptors (Lipinski definition) is 6. The molecule has 1 atom stereocenters. The summed E-state index contributed by atoms with van der Waals surface area (Å²) in [7, 11) is 0. The first kappa shape index (κ1) is 19.3. The van der Waals surface area contributed by atoms with Gasteiger partial charge in [-0.1, -0.05) is 30.0 Å². The zero-order chi connectivity index (χ0) is 20.1. The van der Waals surface area contributed by atoms with E-state index in [2.05, 4.69) is 25.5 Å². The number of nitrogens with one attached hydrogen (secondary N) is 2. The van der Waals surface area contributed by atoms with E-state index in [1.54, 1.807) is 24.5 Å². The van der Waals surface area contributed by atoms with E-state index in [9.17, 15) is 9.18 Å². The number of aromatic amines is 1. The van der Waals surface area contributed by atoms with Crippen LogP contribution >= 0.6 is 23.1 Å². The van der Waals surface area contributed by atoms with E-state index >= 15 is 0 Å². The first-order valence-corrected chi connectivity index (χ1v) is 10.6. The molecule has 6 nitrogen and oxygen atoms in total. The van der Waals surface area contributed by atoms with E-state index in [0.29, 0.717) is 11.0 Å². The van der Waals surface area contributed by atoms with Gasteiger partial charge in [0.15, 0.2) is 5.82 Å². The number of aromatic nitrogens is 4. The lowest BCUT2D eigenvalue weighted by molar-refractivity contribution is -0.119. The molecule has 0 fully saturated rings. The quantitative estimate of drug-likeness (QED) is 0.436. The Morgan fingerprint density at radius 1 is 1.17 bits per heavy atom. The van der Waals surface area contributed by atoms with Crippen molar-refractivity contribution in [1.29, 1.82) is 0 Å². The third-order valence-corrected chi connectivity index (χ3v) is 5.87. The number of pyridine rings is 1. The molecule has 1 amide bonds. The number of carbonyl (C=O) groups is 1. The van der Waals surface area contributed by atoms with Crippen molar-refractivity contribution in [3.63, 3.8) is 0 Å². The maximum atomic E-state index is 13.3. The number of rotatable bonds is 7. The highest BCUT2D eigenvalue weighted by molar-refractivity contribution is 7.99. The molecule has 4 aromatic rings. The number of hydrogen-bond donors (Lipinski definition) is 2. The van der Waals surface area contributed by atoms with Gasteiger partial charge in [0.2, 0.25) is 11.1 Å². The lowest BCUT2D eigenvalue weighted by atomic mass is 10.1. The smallest absolute Gasteiger partial charge is 0.231 e. The molecule has 0 bridgehead atoms. The molecule has 146 valence electrons. The minimum atomic E-state index is -0.330. The Hall–Kier alpha value is -3.04. The molecular weight excluding hydrogens is 409 g/mol. The molecule has 2 N–H and O–H groups in total. The standard InChI is InChI=1S/C20H16FN5OS2/c21-15-5-3-13(4-6-15)18(16-2-1-11-28-16)23-17(27)12-29-20-24-19(25-26-20)14-7-9-22-10-8-14/h1-11,18H,12H2,(H,23,27)(H,24,25,26)/t18-/m1/s1. The van der Waals surface area contributed by atoms with E-state index in [0.717, 1.165) is 16.0 Å². The van der Waals surface area contributed by atoms with Crippen LogP contribution in [0.4, 0.5) is 4.39 Å². The third kappa shape index (κ3) is 4.87. The summed E-state index contributed by atoms with van der Waals surface area (Å²) in [4.78, 5) is 21.9. The van der Waals surface area contributed by atoms with Crippen LogP contribution in [0.15, 0.2) is 71.5 Å². The summed E-state index contributed by atoms with van der Waals surface area (Å²) in [5.74, 6) is 0.317. The number of amides is 1. The van der Waals surface area contributed by atoms with Crippen LogP contribution < -0.4 is 5.32 Å². The van der Waals surface area contributed by atoms with Gasteiger partial charge < -0.3 is 5.32 Å². The summed E-state index contributed by atoms with van der Waals surface area (Å²) >= 11 is 2.78. The number of benzene rings is 1. The van der Waals surface area contributed by atoms with Gasteiger partial charge in [-0.05, 0) is 41.3 Å². The first-order chi connectivity index (χ1) is 14.2. The van der Waals surface area contributed by atoms with E-state index in [1.807, 2.05) is 29.6 Å². The number of nitrogens with zero attached hydrogens (tertiary/aromatic N) is 3. The summed E-state index contributed by atoms with van der Waals surface area (Å²) in [6, 6.07) is 13.4. The van der Waals surface area contributed by atoms with Gasteiger partial charge in [0, 0.05) is 22.8 Å². The number of thioether (sulfide) groups is 1. The van der Waals surface area contributed by atoms with Crippen molar-refractivity contribution in [2.75, 3.05) is 5.75 Å². The minimum Gasteiger partial charge on any atom is -0.344 e. The summed E-state index contributed by atoms with van der Waals surface area (Å²) in [6.45, 7) is 0. The third-order valence-electron chi connectivity index (χ3n) is 4.09. The van der Waals surface area contributed by atoms with Crippen molar-refractivity contribution in [2.24, 2.45) is 0 Å². The second-order valence-corrected chi connectivity index (χ2v) is 7.98. The van der Waals surface area contributed by atoms with Gasteiger partial charge in [-0.25, -0.2) is 9.37 Å². The Kier molecular flexibility index (Phi) is 5.97. The van der Waals surface area contributed by atoms with Gasteiger partial charge in [-0.2, -0.15) is 0 Å². The Bertz CT molecular complexity index is 1070. The maximum absolute atomic E-state index is 13.3. The van der Waals surface area contributed by atoms with Crippen LogP contribution in [0.25, 0.3) is 11.4 Å². The molecule has 0 radical (unpaired) electrons. The Morgan fingerprint density at radius 2 is 1.97 bits per heavy atom. The molecule has 0 aliphatic heterocycles. The highest BCUT2D eigenvalue weighted by atomic mass is 32.2. The highest BCUT2D eigenvalue weighted by Crippen LogP contribution is 2.27. The van der Waals surface area contributed by atoms with Crippen molar-refractivity contribution < 1.29 is 9.18 Å². The predicted octanol–water partition coefficient (Wildman–Crippen LogP) is 4.07. The average molecular weight is 426 g/mol. The molecule has 0 unspecified atom stereocenters. The molecule has 1 aromatic carbocycles. The molecule has 0 spiro atoms. The topological polar surface area (TPSA) is 83.6 Å². The first-order valence-electron chi connectivity index (χ1n) is 8.73. The fourth-order valence-electron chi connectivity index (χ4n) is 2.71. The van der Waals surface area contributed by atoms with E-state index in [1.165, 1.54) is 35.2 Å². The van der Waals surface area contributed by atoms with Gasteiger partial charge in [-0.15, -0.1) is 16.4 Å². The van der Waals surface area contributed by atoms with Crippen LogP contribution in [0.1, 0.15) is 16.5 Å². The van der Waals surface area contributed by atoms with E-state index < -0.39 is 0 Å². The lowest BCUT2D eigenvalue weighted by Gasteiger charge is -2.18. The molecule has 4 rings (SSSR count). The van der Waals surface area contributed by atoms with Gasteiger partial charge in [-0.3, -0.25) is 14.9 Å². The summed E-state index contributed by atoms with van der Waals surface area (Å²) in [5, 5.41) is 12.5. The molecule has 9 heteroatoms. The molecule has 0 aliphatic carbocycles. The molecule has 3 heterocycles. The largest absolute Gasteiger partial charge is 0.344 e. The average Bonchev–Trinajstić information content (AvgIpc) is 3.44. The van der Waals surface area contributed by atoms with Crippen LogP contribution in [0.5, 0.6) is 0 Å². The van der Waals surface area contributed by atoms with Crippen LogP contribution in [0, 0.1) is 5.82 Å². The Morgan fingerprint density at radius 3 is 2.69 bits per heavy atom. The number of H-pyrrole nitrogens is 1. The van der Waals surface area contributed by atoms with Crippen LogP contribution in [-0.4, -0.2) is 31.8 Å². The molecule has 0 saturated heterocycles. The Balaban J connectivity index is 1.41. The monoisotopic (exact) mass is 425 g/mol. The fraction of sp³-hybridized carbons (Fsp3) is 0.100. The van der Waals surface area contributed by atoms with Gasteiger partial charge in [0.25, 0.3) is 0 Å². The Labute approximate surface area is 174 Å². The van der Waals surface area contributed by atoms with Crippen LogP contribution in [0.2, 0.25) is 0 Å². The molecule has 29 heavy (non-hydrogen) atoms. The minimum absolute atomic E-state index is 0.159. The van der Waals surface area contributed by atoms with Crippen molar-refractivity contribution in [3.8, 4) is 11.4 Å². The normalized spacial score (nSPS) is 11.9. The summed E-state index contributed by atoms with van der Waals surface area (Å²) < 4.78 is 13.3. The number of thiophene rings is 1. The molecule has 0 aliphatic rings. The summed E-state index contributed by atoms with van der Waals surface area (Å²) in [5.41, 5.74) is 1.70. The van der Waals surface area contributed by atoms with Gasteiger partial charge in [0.05, 0.1) is 11.8 Å². The van der Waals surface area contributed by atoms with E-state index in [4.69, 9.17) is 0 Å². The SMILES string of the molecule is O=C(CSc1n[nH]c(-c2ccncc2)n1)N[C@H](c1ccc(F)cc1)c1cccs1. The van der Waals surface area contributed by atoms with Crippen molar-refractivity contribution in [3.05, 3.63) is 82.6 Å². The lowest BCUT2D eigenvalue weighted by Crippen LogP contribution is -2.30. The summed E-state index contributed by atoms with van der Waals surface area (Å²) in [6.07, 6.45) is 3.36. The fourth-order valence-corrected chi connectivity index (χ4v) is 4.12. The zero-order valence-electron chi connectivity index (χ0n) is 15.1. The number of carbonyl (C=O) groups excluding carboxylic acids is 1. The molecular formula is C20H16FN5OS2. The maximum Gasteiger partial charge on any atom is 0.231 e. The van der Waals surface area contributed by atoms with Crippen LogP contribution in [0.3, 0.4) is 0 Å². The van der Waals surface area contributed by atoms with Crippen molar-refractivity contribution in [1.82, 2.24) is 25.5 Å². The molecule has 0 saturated carbocycles. The predicted molar refractivity (Wildman–Crippen MR) is 111 cm³/mol. The zero-order valence-corrected chi connectivity index (χ0v) is 16.7.